The average Bonchev–Trinajstić information content (AvgIpc) is 2.99. The number of amides is 2. The standard InChI is InChI=1S/C15H14ClN3O3S/c1-9(12-7-8-13(16)23-12)18-19-15(21)14(20)17-10-5-3-4-6-11(10)22-2/h3-8H,1-2H3,(H,17,20)(H,19,21)/b18-9+. The fraction of sp³-hybridized carbons (Fsp3) is 0.133. The summed E-state index contributed by atoms with van der Waals surface area (Å²) in [6.45, 7) is 1.71. The molecule has 6 nitrogen and oxygen atoms in total. The van der Waals surface area contributed by atoms with Crippen molar-refractivity contribution in [1.82, 2.24) is 5.43 Å². The predicted octanol–water partition coefficient (Wildman–Crippen LogP) is 2.89. The van der Waals surface area contributed by atoms with Gasteiger partial charge in [0.15, 0.2) is 0 Å². The average molecular weight is 352 g/mol. The fourth-order valence-corrected chi connectivity index (χ4v) is 2.66. The monoisotopic (exact) mass is 351 g/mol. The summed E-state index contributed by atoms with van der Waals surface area (Å²) in [7, 11) is 1.48. The van der Waals surface area contributed by atoms with E-state index >= 15 is 0 Å². The predicted molar refractivity (Wildman–Crippen MR) is 91.3 cm³/mol. The summed E-state index contributed by atoms with van der Waals surface area (Å²) in [6.07, 6.45) is 0. The maximum atomic E-state index is 11.9. The number of para-hydroxylation sites is 2. The van der Waals surface area contributed by atoms with E-state index in [2.05, 4.69) is 15.8 Å². The molecule has 2 N–H and O–H groups in total. The molecule has 2 rings (SSSR count). The van der Waals surface area contributed by atoms with Crippen LogP contribution in [0.3, 0.4) is 0 Å². The number of nitrogens with one attached hydrogen (secondary N) is 2. The van der Waals surface area contributed by atoms with Gasteiger partial charge in [-0.3, -0.25) is 9.59 Å². The maximum Gasteiger partial charge on any atom is 0.329 e. The van der Waals surface area contributed by atoms with Gasteiger partial charge in [0.2, 0.25) is 0 Å². The van der Waals surface area contributed by atoms with Crippen molar-refractivity contribution in [1.29, 1.82) is 0 Å². The van der Waals surface area contributed by atoms with E-state index in [0.717, 1.165) is 4.88 Å². The molecular formula is C15H14ClN3O3S. The number of carbonyl (C=O) groups excluding carboxylic acids is 2. The van der Waals surface area contributed by atoms with Crippen molar-refractivity contribution in [2.45, 2.75) is 6.92 Å². The third-order valence-electron chi connectivity index (χ3n) is 2.82. The highest BCUT2D eigenvalue weighted by Gasteiger charge is 2.15. The molecule has 2 amide bonds. The van der Waals surface area contributed by atoms with Gasteiger partial charge >= 0.3 is 11.8 Å². The van der Waals surface area contributed by atoms with Crippen molar-refractivity contribution >= 4 is 46.2 Å². The Kier molecular flexibility index (Phi) is 5.72. The van der Waals surface area contributed by atoms with E-state index in [1.807, 2.05) is 0 Å². The molecule has 23 heavy (non-hydrogen) atoms. The molecule has 2 aromatic rings. The first-order valence-corrected chi connectivity index (χ1v) is 7.75. The Labute approximate surface area is 142 Å². The number of methoxy groups -OCH3 is 1. The van der Waals surface area contributed by atoms with Gasteiger partial charge in [0.25, 0.3) is 0 Å². The molecule has 0 aliphatic rings. The van der Waals surface area contributed by atoms with Crippen molar-refractivity contribution in [3.05, 3.63) is 45.6 Å². The van der Waals surface area contributed by atoms with Crippen molar-refractivity contribution in [2.75, 3.05) is 12.4 Å². The third-order valence-corrected chi connectivity index (χ3v) is 4.16. The minimum Gasteiger partial charge on any atom is -0.495 e. The van der Waals surface area contributed by atoms with Crippen LogP contribution in [0.5, 0.6) is 5.75 Å². The van der Waals surface area contributed by atoms with Crippen LogP contribution < -0.4 is 15.5 Å². The first kappa shape index (κ1) is 17.0. The normalized spacial score (nSPS) is 11.0. The van der Waals surface area contributed by atoms with E-state index in [1.165, 1.54) is 18.4 Å². The summed E-state index contributed by atoms with van der Waals surface area (Å²) in [6, 6.07) is 10.3. The lowest BCUT2D eigenvalue weighted by Gasteiger charge is -2.08. The van der Waals surface area contributed by atoms with Crippen LogP contribution in [0.25, 0.3) is 0 Å². The van der Waals surface area contributed by atoms with E-state index in [-0.39, 0.29) is 0 Å². The lowest BCUT2D eigenvalue weighted by atomic mass is 10.3. The molecule has 0 saturated carbocycles. The zero-order valence-electron chi connectivity index (χ0n) is 12.4. The first-order chi connectivity index (χ1) is 11.0. The fourth-order valence-electron chi connectivity index (χ4n) is 1.68. The van der Waals surface area contributed by atoms with Gasteiger partial charge in [0.1, 0.15) is 5.75 Å². The van der Waals surface area contributed by atoms with Crippen LogP contribution in [0.1, 0.15) is 11.8 Å². The molecule has 0 spiro atoms. The number of anilines is 1. The molecule has 8 heteroatoms. The van der Waals surface area contributed by atoms with Gasteiger partial charge in [-0.15, -0.1) is 11.3 Å². The topological polar surface area (TPSA) is 79.8 Å². The number of thiophene rings is 1. The quantitative estimate of drug-likeness (QED) is 0.505. The molecule has 0 unspecified atom stereocenters. The van der Waals surface area contributed by atoms with Crippen LogP contribution >= 0.6 is 22.9 Å². The zero-order chi connectivity index (χ0) is 16.8. The number of benzene rings is 1. The molecule has 0 atom stereocenters. The van der Waals surface area contributed by atoms with Gasteiger partial charge in [-0.1, -0.05) is 23.7 Å². The second kappa shape index (κ2) is 7.75. The Balaban J connectivity index is 1.99. The molecule has 0 radical (unpaired) electrons. The van der Waals surface area contributed by atoms with Gasteiger partial charge in [0.05, 0.1) is 27.7 Å². The number of rotatable bonds is 4. The Morgan fingerprint density at radius 1 is 1.17 bits per heavy atom. The summed E-state index contributed by atoms with van der Waals surface area (Å²) in [5, 5.41) is 6.35. The SMILES string of the molecule is COc1ccccc1NC(=O)C(=O)N/N=C(\C)c1ccc(Cl)s1. The van der Waals surface area contributed by atoms with Crippen molar-refractivity contribution in [3.63, 3.8) is 0 Å². The maximum absolute atomic E-state index is 11.9. The Hall–Kier alpha value is -2.38. The Morgan fingerprint density at radius 2 is 1.91 bits per heavy atom. The van der Waals surface area contributed by atoms with Crippen molar-refractivity contribution < 1.29 is 14.3 Å². The largest absolute Gasteiger partial charge is 0.495 e. The molecule has 1 aromatic heterocycles. The molecule has 0 aliphatic carbocycles. The molecule has 0 fully saturated rings. The van der Waals surface area contributed by atoms with Gasteiger partial charge in [0, 0.05) is 0 Å². The Morgan fingerprint density at radius 3 is 2.57 bits per heavy atom. The molecule has 0 saturated heterocycles. The molecule has 1 heterocycles. The smallest absolute Gasteiger partial charge is 0.329 e. The van der Waals surface area contributed by atoms with Crippen LogP contribution in [0.2, 0.25) is 4.34 Å². The summed E-state index contributed by atoms with van der Waals surface area (Å²) in [5.74, 6) is -1.25. The van der Waals surface area contributed by atoms with Crippen LogP contribution in [0, 0.1) is 0 Å². The van der Waals surface area contributed by atoms with Gasteiger partial charge in [-0.25, -0.2) is 5.43 Å². The van der Waals surface area contributed by atoms with E-state index < -0.39 is 11.8 Å². The number of hydrogen-bond donors (Lipinski definition) is 2. The summed E-state index contributed by atoms with van der Waals surface area (Å²) < 4.78 is 5.72. The third kappa shape index (κ3) is 4.54. The summed E-state index contributed by atoms with van der Waals surface area (Å²) in [5.41, 5.74) is 3.17. The van der Waals surface area contributed by atoms with Crippen molar-refractivity contribution in [2.24, 2.45) is 5.10 Å². The molecule has 120 valence electrons. The van der Waals surface area contributed by atoms with E-state index in [0.29, 0.717) is 21.5 Å². The van der Waals surface area contributed by atoms with E-state index in [4.69, 9.17) is 16.3 Å². The second-order valence-electron chi connectivity index (χ2n) is 4.40. The highest BCUT2D eigenvalue weighted by atomic mass is 35.5. The molecule has 1 aromatic carbocycles. The highest BCUT2D eigenvalue weighted by molar-refractivity contribution is 7.18. The second-order valence-corrected chi connectivity index (χ2v) is 6.11. The number of ether oxygens (including phenoxy) is 1. The number of carbonyl (C=O) groups is 2. The Bertz CT molecular complexity index is 758. The van der Waals surface area contributed by atoms with E-state index in [9.17, 15) is 9.59 Å². The summed E-state index contributed by atoms with van der Waals surface area (Å²) in [4.78, 5) is 24.5. The van der Waals surface area contributed by atoms with Crippen molar-refractivity contribution in [3.8, 4) is 5.75 Å². The van der Waals surface area contributed by atoms with Crippen LogP contribution in [-0.2, 0) is 9.59 Å². The number of hydrazone groups is 1. The number of nitrogens with zero attached hydrogens (tertiary/aromatic N) is 1. The first-order valence-electron chi connectivity index (χ1n) is 6.55. The van der Waals surface area contributed by atoms with Gasteiger partial charge in [-0.05, 0) is 31.2 Å². The highest BCUT2D eigenvalue weighted by Crippen LogP contribution is 2.23. The van der Waals surface area contributed by atoms with Crippen LogP contribution in [0.15, 0.2) is 41.5 Å². The molecule has 0 aliphatic heterocycles. The number of hydrogen-bond acceptors (Lipinski definition) is 5. The van der Waals surface area contributed by atoms with Crippen LogP contribution in [-0.4, -0.2) is 24.6 Å². The zero-order valence-corrected chi connectivity index (χ0v) is 14.0. The minimum atomic E-state index is -0.877. The number of halogens is 1. The minimum absolute atomic E-state index is 0.404. The lowest BCUT2D eigenvalue weighted by Crippen LogP contribution is -2.33. The van der Waals surface area contributed by atoms with Gasteiger partial charge < -0.3 is 10.1 Å². The molecular weight excluding hydrogens is 338 g/mol. The lowest BCUT2D eigenvalue weighted by molar-refractivity contribution is -0.136. The van der Waals surface area contributed by atoms with Gasteiger partial charge in [-0.2, -0.15) is 5.10 Å². The molecule has 0 bridgehead atoms. The van der Waals surface area contributed by atoms with E-state index in [1.54, 1.807) is 43.3 Å². The summed E-state index contributed by atoms with van der Waals surface area (Å²) >= 11 is 7.17. The van der Waals surface area contributed by atoms with Crippen LogP contribution in [0.4, 0.5) is 5.69 Å².